The lowest BCUT2D eigenvalue weighted by atomic mass is 10.1. The average Bonchev–Trinajstić information content (AvgIpc) is 3.08. The van der Waals surface area contributed by atoms with Gasteiger partial charge in [-0.1, -0.05) is 6.07 Å². The average molecular weight is 405 g/mol. The van der Waals surface area contributed by atoms with Gasteiger partial charge in [-0.25, -0.2) is 13.8 Å². The third-order valence-corrected chi connectivity index (χ3v) is 5.83. The molecule has 0 fully saturated rings. The molecule has 27 heavy (non-hydrogen) atoms. The van der Waals surface area contributed by atoms with Crippen LogP contribution in [0.4, 0.5) is 8.78 Å². The van der Waals surface area contributed by atoms with Crippen molar-refractivity contribution in [1.29, 1.82) is 0 Å². The fourth-order valence-corrected chi connectivity index (χ4v) is 3.99. The predicted octanol–water partition coefficient (Wildman–Crippen LogP) is 5.51. The SMILES string of the molecule is Cc1nc(CSc2ccc(C(=O)NC(C)c3ccc(F)c(F)c3)cc2)cs1. The summed E-state index contributed by atoms with van der Waals surface area (Å²) in [5.41, 5.74) is 2.07. The summed E-state index contributed by atoms with van der Waals surface area (Å²) in [6.45, 7) is 3.71. The molecule has 1 N–H and O–H groups in total. The Balaban J connectivity index is 1.58. The molecule has 140 valence electrons. The van der Waals surface area contributed by atoms with Crippen LogP contribution in [0, 0.1) is 18.6 Å². The van der Waals surface area contributed by atoms with E-state index < -0.39 is 17.7 Å². The number of carbonyl (C=O) groups is 1. The summed E-state index contributed by atoms with van der Waals surface area (Å²) in [4.78, 5) is 17.9. The Bertz CT molecular complexity index is 941. The predicted molar refractivity (Wildman–Crippen MR) is 105 cm³/mol. The Hall–Kier alpha value is -2.25. The lowest BCUT2D eigenvalue weighted by Crippen LogP contribution is -2.26. The molecule has 0 aliphatic rings. The van der Waals surface area contributed by atoms with Crippen LogP contribution in [0.15, 0.2) is 52.7 Å². The topological polar surface area (TPSA) is 42.0 Å². The number of nitrogens with zero attached hydrogens (tertiary/aromatic N) is 1. The van der Waals surface area contributed by atoms with Gasteiger partial charge in [0.05, 0.1) is 16.7 Å². The van der Waals surface area contributed by atoms with E-state index >= 15 is 0 Å². The Morgan fingerprint density at radius 1 is 1.19 bits per heavy atom. The molecule has 0 spiro atoms. The van der Waals surface area contributed by atoms with E-state index in [1.807, 2.05) is 24.4 Å². The third-order valence-electron chi connectivity index (χ3n) is 3.96. The van der Waals surface area contributed by atoms with E-state index in [-0.39, 0.29) is 5.91 Å². The summed E-state index contributed by atoms with van der Waals surface area (Å²) >= 11 is 3.29. The Labute approximate surface area is 164 Å². The van der Waals surface area contributed by atoms with Gasteiger partial charge in [-0.05, 0) is 55.8 Å². The van der Waals surface area contributed by atoms with Crippen LogP contribution in [0.3, 0.4) is 0 Å². The number of aryl methyl sites for hydroxylation is 1. The molecule has 3 rings (SSSR count). The first-order valence-corrected chi connectivity index (χ1v) is 10.2. The molecule has 0 saturated carbocycles. The number of thiazole rings is 1. The van der Waals surface area contributed by atoms with E-state index in [2.05, 4.69) is 10.3 Å². The molecule has 1 heterocycles. The van der Waals surface area contributed by atoms with E-state index in [1.165, 1.54) is 6.07 Å². The molecule has 0 radical (unpaired) electrons. The van der Waals surface area contributed by atoms with Crippen LogP contribution < -0.4 is 5.32 Å². The maximum atomic E-state index is 13.3. The second-order valence-electron chi connectivity index (χ2n) is 6.04. The monoisotopic (exact) mass is 404 g/mol. The van der Waals surface area contributed by atoms with Crippen LogP contribution in [-0.2, 0) is 5.75 Å². The molecule has 0 aliphatic carbocycles. The largest absolute Gasteiger partial charge is 0.346 e. The van der Waals surface area contributed by atoms with Crippen molar-refractivity contribution in [3.05, 3.63) is 81.3 Å². The van der Waals surface area contributed by atoms with Gasteiger partial charge in [0.25, 0.3) is 5.91 Å². The fraction of sp³-hybridized carbons (Fsp3) is 0.200. The molecule has 3 nitrogen and oxygen atoms in total. The van der Waals surface area contributed by atoms with Crippen molar-refractivity contribution in [2.75, 3.05) is 0 Å². The Morgan fingerprint density at radius 3 is 2.56 bits per heavy atom. The minimum atomic E-state index is -0.926. The van der Waals surface area contributed by atoms with Gasteiger partial charge in [-0.3, -0.25) is 4.79 Å². The summed E-state index contributed by atoms with van der Waals surface area (Å²) in [5.74, 6) is -1.31. The summed E-state index contributed by atoms with van der Waals surface area (Å²) in [7, 11) is 0. The van der Waals surface area contributed by atoms with E-state index in [0.717, 1.165) is 33.5 Å². The number of aromatic nitrogens is 1. The maximum absolute atomic E-state index is 13.3. The highest BCUT2D eigenvalue weighted by molar-refractivity contribution is 7.98. The van der Waals surface area contributed by atoms with Crippen LogP contribution in [0.5, 0.6) is 0 Å². The molecule has 2 aromatic carbocycles. The first kappa shape index (κ1) is 19.5. The van der Waals surface area contributed by atoms with Gasteiger partial charge in [0.1, 0.15) is 0 Å². The lowest BCUT2D eigenvalue weighted by Gasteiger charge is -2.15. The van der Waals surface area contributed by atoms with Gasteiger partial charge in [-0.15, -0.1) is 23.1 Å². The van der Waals surface area contributed by atoms with E-state index in [0.29, 0.717) is 11.1 Å². The van der Waals surface area contributed by atoms with Crippen molar-refractivity contribution in [2.45, 2.75) is 30.5 Å². The van der Waals surface area contributed by atoms with Crippen LogP contribution in [0.2, 0.25) is 0 Å². The van der Waals surface area contributed by atoms with E-state index in [9.17, 15) is 13.6 Å². The molecular weight excluding hydrogens is 386 g/mol. The first-order valence-electron chi connectivity index (χ1n) is 8.32. The zero-order valence-electron chi connectivity index (χ0n) is 14.8. The zero-order valence-corrected chi connectivity index (χ0v) is 16.5. The van der Waals surface area contributed by atoms with Crippen molar-refractivity contribution >= 4 is 29.0 Å². The van der Waals surface area contributed by atoms with Gasteiger partial charge in [0.2, 0.25) is 0 Å². The molecule has 1 unspecified atom stereocenters. The fourth-order valence-electron chi connectivity index (χ4n) is 2.48. The number of hydrogen-bond acceptors (Lipinski definition) is 4. The van der Waals surface area contributed by atoms with Gasteiger partial charge < -0.3 is 5.32 Å². The number of thioether (sulfide) groups is 1. The Morgan fingerprint density at radius 2 is 1.93 bits per heavy atom. The van der Waals surface area contributed by atoms with E-state index in [1.54, 1.807) is 42.2 Å². The highest BCUT2D eigenvalue weighted by Crippen LogP contribution is 2.24. The first-order chi connectivity index (χ1) is 12.9. The highest BCUT2D eigenvalue weighted by atomic mass is 32.2. The molecule has 0 bridgehead atoms. The second kappa shape index (κ2) is 8.63. The number of halogens is 2. The summed E-state index contributed by atoms with van der Waals surface area (Å²) in [6.07, 6.45) is 0. The quantitative estimate of drug-likeness (QED) is 0.551. The standard InChI is InChI=1S/C20H18F2N2OS2/c1-12(15-5-8-18(21)19(22)9-15)23-20(25)14-3-6-17(7-4-14)27-11-16-10-26-13(2)24-16/h3-10,12H,11H2,1-2H3,(H,23,25). The van der Waals surface area contributed by atoms with Crippen molar-refractivity contribution < 1.29 is 13.6 Å². The van der Waals surface area contributed by atoms with Crippen molar-refractivity contribution in [3.63, 3.8) is 0 Å². The van der Waals surface area contributed by atoms with Crippen LogP contribution in [0.25, 0.3) is 0 Å². The number of benzene rings is 2. The number of amides is 1. The normalized spacial score (nSPS) is 12.0. The van der Waals surface area contributed by atoms with Gasteiger partial charge in [0.15, 0.2) is 11.6 Å². The van der Waals surface area contributed by atoms with Crippen LogP contribution in [0.1, 0.15) is 39.6 Å². The summed E-state index contributed by atoms with van der Waals surface area (Å²) in [6, 6.07) is 10.5. The molecule has 0 saturated heterocycles. The number of nitrogens with one attached hydrogen (secondary N) is 1. The molecule has 1 aromatic heterocycles. The molecule has 1 atom stereocenters. The Kier molecular flexibility index (Phi) is 6.23. The maximum Gasteiger partial charge on any atom is 0.251 e. The summed E-state index contributed by atoms with van der Waals surface area (Å²) < 4.78 is 26.4. The van der Waals surface area contributed by atoms with Gasteiger partial charge in [-0.2, -0.15) is 0 Å². The lowest BCUT2D eigenvalue weighted by molar-refractivity contribution is 0.0939. The molecule has 3 aromatic rings. The third kappa shape index (κ3) is 5.14. The summed E-state index contributed by atoms with van der Waals surface area (Å²) in [5, 5.41) is 5.89. The number of rotatable bonds is 6. The molecule has 0 aliphatic heterocycles. The molecular formula is C20H18F2N2OS2. The van der Waals surface area contributed by atoms with Crippen LogP contribution >= 0.6 is 23.1 Å². The van der Waals surface area contributed by atoms with Crippen molar-refractivity contribution in [1.82, 2.24) is 10.3 Å². The minimum absolute atomic E-state index is 0.265. The van der Waals surface area contributed by atoms with Crippen molar-refractivity contribution in [3.8, 4) is 0 Å². The second-order valence-corrected chi connectivity index (χ2v) is 8.15. The molecule has 1 amide bonds. The number of carbonyl (C=O) groups excluding carboxylic acids is 1. The number of hydrogen-bond donors (Lipinski definition) is 1. The van der Waals surface area contributed by atoms with Gasteiger partial charge >= 0.3 is 0 Å². The van der Waals surface area contributed by atoms with E-state index in [4.69, 9.17) is 0 Å². The van der Waals surface area contributed by atoms with Gasteiger partial charge in [0, 0.05) is 21.6 Å². The highest BCUT2D eigenvalue weighted by Gasteiger charge is 2.13. The minimum Gasteiger partial charge on any atom is -0.346 e. The zero-order chi connectivity index (χ0) is 19.4. The molecule has 7 heteroatoms. The van der Waals surface area contributed by atoms with Crippen LogP contribution in [-0.4, -0.2) is 10.9 Å². The smallest absolute Gasteiger partial charge is 0.251 e. The van der Waals surface area contributed by atoms with Crippen molar-refractivity contribution in [2.24, 2.45) is 0 Å².